The lowest BCUT2D eigenvalue weighted by Gasteiger charge is -2.25. The van der Waals surface area contributed by atoms with Crippen molar-refractivity contribution < 1.29 is 71.3 Å². The molecule has 0 fully saturated rings. The number of aromatic nitrogens is 3. The normalized spacial score (nSPS) is 12.1. The molecule has 2 aromatic rings. The van der Waals surface area contributed by atoms with Crippen LogP contribution in [0.2, 0.25) is 0 Å². The minimum atomic E-state index is -1.02. The third-order valence-corrected chi connectivity index (χ3v) is 10.3. The van der Waals surface area contributed by atoms with Gasteiger partial charge in [0, 0.05) is 46.0 Å². The molecule has 410 valence electrons. The zero-order valence-corrected chi connectivity index (χ0v) is 43.4. The van der Waals surface area contributed by atoms with Gasteiger partial charge in [-0.15, -0.1) is 5.10 Å². The van der Waals surface area contributed by atoms with E-state index in [-0.39, 0.29) is 51.0 Å². The summed E-state index contributed by atoms with van der Waals surface area (Å²) < 4.78 is 55.9. The Morgan fingerprint density at radius 3 is 1.83 bits per heavy atom. The van der Waals surface area contributed by atoms with Crippen molar-refractivity contribution >= 4 is 35.5 Å². The fourth-order valence-electron chi connectivity index (χ4n) is 6.47. The summed E-state index contributed by atoms with van der Waals surface area (Å²) in [5.41, 5.74) is 7.83. The SMILES string of the molecule is CCCOCCC(=O)N[C@H](C(=O)N[C@@H](CCCNC(N)=O)C(=O)Nc1ccc(CC)c(CN(C)C(=O)OCc2cn(CCOCCOCCOCCOCCOCCOCCOCCOC)nn2)c1)C(C)C. The van der Waals surface area contributed by atoms with Gasteiger partial charge >= 0.3 is 12.1 Å². The van der Waals surface area contributed by atoms with E-state index in [2.05, 4.69) is 31.6 Å². The Hall–Kier alpha value is -5.05. The summed E-state index contributed by atoms with van der Waals surface area (Å²) in [6, 6.07) is 2.72. The summed E-state index contributed by atoms with van der Waals surface area (Å²) >= 11 is 0. The number of nitrogens with two attached hydrogens (primary N) is 1. The second-order valence-electron chi connectivity index (χ2n) is 16.6. The standard InChI is InChI=1S/C48H83N9O15/c1-7-16-64-17-13-43(58)53-44(37(3)4)46(60)52-42(10-9-14-50-47(49)61)45(59)51-40-12-11-38(8-2)39(33-40)34-56(5)48(62)72-36-41-35-57(55-54-41)15-18-65-21-22-67-25-26-69-29-30-71-32-31-70-28-27-68-24-23-66-20-19-63-6/h11-12,33,35,37,42,44H,7-10,13-32,34,36H2,1-6H3,(H,51,59)(H,52,60)(H,53,58)(H3,49,50,61)/t42-,44-/m0/s1. The van der Waals surface area contributed by atoms with Crippen molar-refractivity contribution in [2.24, 2.45) is 11.7 Å². The summed E-state index contributed by atoms with van der Waals surface area (Å²) in [5, 5.41) is 19.1. The third-order valence-electron chi connectivity index (χ3n) is 10.3. The van der Waals surface area contributed by atoms with E-state index in [1.165, 1.54) is 4.90 Å². The summed E-state index contributed by atoms with van der Waals surface area (Å²) in [5.74, 6) is -1.67. The summed E-state index contributed by atoms with van der Waals surface area (Å²) in [7, 11) is 3.24. The van der Waals surface area contributed by atoms with Crippen molar-refractivity contribution in [2.45, 2.75) is 91.6 Å². The Kier molecular flexibility index (Phi) is 35.4. The lowest BCUT2D eigenvalue weighted by atomic mass is 10.0. The van der Waals surface area contributed by atoms with Gasteiger partial charge in [0.15, 0.2) is 0 Å². The highest BCUT2D eigenvalue weighted by Crippen LogP contribution is 2.20. The molecule has 0 aliphatic carbocycles. The number of nitrogens with one attached hydrogen (secondary N) is 4. The van der Waals surface area contributed by atoms with E-state index < -0.39 is 36.0 Å². The van der Waals surface area contributed by atoms with Gasteiger partial charge in [0.25, 0.3) is 0 Å². The number of anilines is 1. The maximum absolute atomic E-state index is 13.8. The molecule has 2 rings (SSSR count). The van der Waals surface area contributed by atoms with Crippen LogP contribution >= 0.6 is 0 Å². The van der Waals surface area contributed by atoms with Crippen molar-refractivity contribution in [1.29, 1.82) is 0 Å². The van der Waals surface area contributed by atoms with Crippen LogP contribution in [0.4, 0.5) is 15.3 Å². The topological polar surface area (TPSA) is 286 Å². The number of aryl methyl sites for hydroxylation is 1. The molecule has 0 bridgehead atoms. The number of carbonyl (C=O) groups excluding carboxylic acids is 5. The van der Waals surface area contributed by atoms with Gasteiger partial charge in [-0.25, -0.2) is 14.3 Å². The quantitative estimate of drug-likeness (QED) is 0.0595. The monoisotopic (exact) mass is 1030 g/mol. The lowest BCUT2D eigenvalue weighted by Crippen LogP contribution is -2.54. The van der Waals surface area contributed by atoms with Gasteiger partial charge in [0.2, 0.25) is 17.7 Å². The van der Waals surface area contributed by atoms with Crippen LogP contribution in [0.25, 0.3) is 0 Å². The first-order chi connectivity index (χ1) is 34.9. The summed E-state index contributed by atoms with van der Waals surface area (Å²) in [6.07, 6.45) is 3.13. The van der Waals surface area contributed by atoms with Crippen molar-refractivity contribution in [3.8, 4) is 0 Å². The van der Waals surface area contributed by atoms with Crippen LogP contribution < -0.4 is 27.0 Å². The Morgan fingerprint density at radius 1 is 0.722 bits per heavy atom. The first kappa shape index (κ1) is 63.1. The molecule has 0 aliphatic heterocycles. The molecule has 1 heterocycles. The van der Waals surface area contributed by atoms with E-state index >= 15 is 0 Å². The van der Waals surface area contributed by atoms with Crippen LogP contribution in [-0.2, 0) is 87.9 Å². The molecule has 6 amide bonds. The van der Waals surface area contributed by atoms with Gasteiger partial charge in [-0.1, -0.05) is 39.0 Å². The van der Waals surface area contributed by atoms with E-state index in [0.29, 0.717) is 136 Å². The number of urea groups is 1. The molecule has 24 heteroatoms. The fourth-order valence-corrected chi connectivity index (χ4v) is 6.47. The minimum absolute atomic E-state index is 0.0857. The number of hydrogen-bond acceptors (Lipinski definition) is 17. The average molecular weight is 1030 g/mol. The molecule has 6 N–H and O–H groups in total. The van der Waals surface area contributed by atoms with E-state index in [1.54, 1.807) is 51.0 Å². The third kappa shape index (κ3) is 30.1. The smallest absolute Gasteiger partial charge is 0.410 e. The van der Waals surface area contributed by atoms with Gasteiger partial charge in [0.05, 0.1) is 118 Å². The Bertz CT molecular complexity index is 1790. The number of carbonyl (C=O) groups is 5. The Labute approximate surface area is 424 Å². The zero-order valence-electron chi connectivity index (χ0n) is 43.4. The van der Waals surface area contributed by atoms with E-state index in [1.807, 2.05) is 19.9 Å². The van der Waals surface area contributed by atoms with Crippen LogP contribution in [0.5, 0.6) is 0 Å². The maximum atomic E-state index is 13.8. The maximum Gasteiger partial charge on any atom is 0.410 e. The van der Waals surface area contributed by atoms with Crippen molar-refractivity contribution in [2.75, 3.05) is 138 Å². The molecule has 0 radical (unpaired) electrons. The molecule has 0 aliphatic rings. The van der Waals surface area contributed by atoms with Crippen molar-refractivity contribution in [3.05, 3.63) is 41.2 Å². The number of ether oxygens (including phenoxy) is 10. The van der Waals surface area contributed by atoms with Crippen LogP contribution in [0, 0.1) is 5.92 Å². The van der Waals surface area contributed by atoms with Gasteiger partial charge in [-0.05, 0) is 54.9 Å². The minimum Gasteiger partial charge on any atom is -0.443 e. The zero-order chi connectivity index (χ0) is 52.6. The number of hydrogen-bond donors (Lipinski definition) is 5. The predicted molar refractivity (Wildman–Crippen MR) is 265 cm³/mol. The molecular formula is C48H83N9O15. The molecule has 24 nitrogen and oxygen atoms in total. The second-order valence-corrected chi connectivity index (χ2v) is 16.6. The van der Waals surface area contributed by atoms with Gasteiger partial charge < -0.3 is 79.3 Å². The number of amides is 6. The molecule has 0 saturated heterocycles. The number of primary amides is 1. The molecule has 0 saturated carbocycles. The van der Waals surface area contributed by atoms with E-state index in [4.69, 9.17) is 53.1 Å². The highest BCUT2D eigenvalue weighted by molar-refractivity contribution is 5.98. The van der Waals surface area contributed by atoms with Gasteiger partial charge in [-0.3, -0.25) is 14.4 Å². The molecule has 1 aromatic carbocycles. The number of benzene rings is 1. The van der Waals surface area contributed by atoms with Crippen molar-refractivity contribution in [1.82, 2.24) is 35.8 Å². The van der Waals surface area contributed by atoms with Crippen LogP contribution in [0.3, 0.4) is 0 Å². The lowest BCUT2D eigenvalue weighted by molar-refractivity contribution is -0.132. The molecule has 0 unspecified atom stereocenters. The van der Waals surface area contributed by atoms with Crippen LogP contribution in [0.15, 0.2) is 24.4 Å². The van der Waals surface area contributed by atoms with Crippen molar-refractivity contribution in [3.63, 3.8) is 0 Å². The summed E-state index contributed by atoms with van der Waals surface area (Å²) in [6.45, 7) is 16.0. The predicted octanol–water partition coefficient (Wildman–Crippen LogP) is 2.20. The van der Waals surface area contributed by atoms with Crippen LogP contribution in [-0.4, -0.2) is 195 Å². The number of rotatable bonds is 44. The highest BCUT2D eigenvalue weighted by Gasteiger charge is 2.29. The number of methoxy groups -OCH3 is 1. The average Bonchev–Trinajstić information content (AvgIpc) is 3.82. The second kappa shape index (κ2) is 40.4. The molecule has 72 heavy (non-hydrogen) atoms. The molecule has 1 aromatic heterocycles. The number of nitrogens with zero attached hydrogens (tertiary/aromatic N) is 4. The van der Waals surface area contributed by atoms with Gasteiger partial charge in [-0.2, -0.15) is 0 Å². The summed E-state index contributed by atoms with van der Waals surface area (Å²) in [4.78, 5) is 65.7. The largest absolute Gasteiger partial charge is 0.443 e. The molecule has 0 spiro atoms. The van der Waals surface area contributed by atoms with E-state index in [0.717, 1.165) is 17.5 Å². The van der Waals surface area contributed by atoms with Crippen LogP contribution in [0.1, 0.15) is 70.2 Å². The Balaban J connectivity index is 1.72. The first-order valence-corrected chi connectivity index (χ1v) is 24.8. The van der Waals surface area contributed by atoms with E-state index in [9.17, 15) is 24.0 Å². The van der Waals surface area contributed by atoms with Gasteiger partial charge in [0.1, 0.15) is 24.4 Å². The fraction of sp³-hybridized carbons (Fsp3) is 0.729. The molecule has 2 atom stereocenters. The first-order valence-electron chi connectivity index (χ1n) is 24.8. The Morgan fingerprint density at radius 2 is 1.29 bits per heavy atom. The molecular weight excluding hydrogens is 943 g/mol. The highest BCUT2D eigenvalue weighted by atomic mass is 16.6.